The summed E-state index contributed by atoms with van der Waals surface area (Å²) in [6.45, 7) is 4.25. The lowest BCUT2D eigenvalue weighted by atomic mass is 10.2. The van der Waals surface area contributed by atoms with Gasteiger partial charge in [-0.25, -0.2) is 4.98 Å². The van der Waals surface area contributed by atoms with Crippen molar-refractivity contribution in [2.75, 3.05) is 0 Å². The van der Waals surface area contributed by atoms with Crippen LogP contribution in [0.15, 0.2) is 18.2 Å². The van der Waals surface area contributed by atoms with Crippen molar-refractivity contribution in [2.45, 2.75) is 32.7 Å². The molecule has 3 heteroatoms. The number of hydrogen-bond acceptors (Lipinski definition) is 3. The van der Waals surface area contributed by atoms with Crippen molar-refractivity contribution in [1.29, 1.82) is 0 Å². The second kappa shape index (κ2) is 4.29. The normalized spacial score (nSPS) is 13.3. The van der Waals surface area contributed by atoms with Crippen molar-refractivity contribution in [3.63, 3.8) is 0 Å². The molecule has 1 aromatic carbocycles. The molecule has 0 fully saturated rings. The molecule has 0 aliphatic heterocycles. The zero-order chi connectivity index (χ0) is 10.8. The highest BCUT2D eigenvalue weighted by Gasteiger charge is 2.10. The van der Waals surface area contributed by atoms with Crippen molar-refractivity contribution in [2.24, 2.45) is 5.73 Å². The van der Waals surface area contributed by atoms with Gasteiger partial charge >= 0.3 is 0 Å². The SMILES string of the molecule is CCCC(N)c1nc2ccc(C)cc2s1. The molecule has 80 valence electrons. The molecule has 2 N–H and O–H groups in total. The average Bonchev–Trinajstić information content (AvgIpc) is 2.60. The van der Waals surface area contributed by atoms with Crippen LogP contribution in [0.2, 0.25) is 0 Å². The van der Waals surface area contributed by atoms with Crippen LogP contribution < -0.4 is 5.73 Å². The highest BCUT2D eigenvalue weighted by Crippen LogP contribution is 2.27. The highest BCUT2D eigenvalue weighted by atomic mass is 32.1. The molecule has 1 unspecified atom stereocenters. The summed E-state index contributed by atoms with van der Waals surface area (Å²) in [7, 11) is 0. The van der Waals surface area contributed by atoms with E-state index in [0.29, 0.717) is 0 Å². The van der Waals surface area contributed by atoms with Gasteiger partial charge in [-0.1, -0.05) is 19.4 Å². The summed E-state index contributed by atoms with van der Waals surface area (Å²) in [5.74, 6) is 0. The summed E-state index contributed by atoms with van der Waals surface area (Å²) in [6.07, 6.45) is 2.12. The Balaban J connectivity index is 2.38. The second-order valence-electron chi connectivity index (χ2n) is 3.92. The van der Waals surface area contributed by atoms with Gasteiger partial charge in [0.25, 0.3) is 0 Å². The van der Waals surface area contributed by atoms with Crippen molar-refractivity contribution < 1.29 is 0 Å². The van der Waals surface area contributed by atoms with Crippen LogP contribution in [0.5, 0.6) is 0 Å². The standard InChI is InChI=1S/C12H16N2S/c1-3-4-9(13)12-14-10-6-5-8(2)7-11(10)15-12/h5-7,9H,3-4,13H2,1-2H3. The van der Waals surface area contributed by atoms with E-state index in [2.05, 4.69) is 37.0 Å². The van der Waals surface area contributed by atoms with Gasteiger partial charge in [0.1, 0.15) is 5.01 Å². The van der Waals surface area contributed by atoms with E-state index in [1.807, 2.05) is 0 Å². The van der Waals surface area contributed by atoms with E-state index >= 15 is 0 Å². The lowest BCUT2D eigenvalue weighted by Crippen LogP contribution is -2.08. The Hall–Kier alpha value is -0.930. The van der Waals surface area contributed by atoms with Crippen LogP contribution in [0, 0.1) is 6.92 Å². The van der Waals surface area contributed by atoms with E-state index in [1.54, 1.807) is 11.3 Å². The van der Waals surface area contributed by atoms with E-state index < -0.39 is 0 Å². The Kier molecular flexibility index (Phi) is 3.03. The van der Waals surface area contributed by atoms with Gasteiger partial charge < -0.3 is 5.73 Å². The van der Waals surface area contributed by atoms with Gasteiger partial charge in [0.2, 0.25) is 0 Å². The largest absolute Gasteiger partial charge is 0.322 e. The molecule has 0 amide bonds. The summed E-state index contributed by atoms with van der Waals surface area (Å²) in [5.41, 5.74) is 8.41. The van der Waals surface area contributed by atoms with E-state index in [4.69, 9.17) is 5.73 Å². The molecule has 1 aromatic heterocycles. The van der Waals surface area contributed by atoms with Crippen LogP contribution in [0.1, 0.15) is 36.4 Å². The number of fused-ring (bicyclic) bond motifs is 1. The van der Waals surface area contributed by atoms with Gasteiger partial charge in [0.15, 0.2) is 0 Å². The topological polar surface area (TPSA) is 38.9 Å². The number of thiazole rings is 1. The third-order valence-corrected chi connectivity index (χ3v) is 3.63. The summed E-state index contributed by atoms with van der Waals surface area (Å²) < 4.78 is 1.25. The fourth-order valence-electron chi connectivity index (χ4n) is 1.64. The lowest BCUT2D eigenvalue weighted by molar-refractivity contribution is 0.636. The van der Waals surface area contributed by atoms with Crippen molar-refractivity contribution >= 4 is 21.6 Å². The molecule has 0 radical (unpaired) electrons. The number of aryl methyl sites for hydroxylation is 1. The van der Waals surface area contributed by atoms with Crippen LogP contribution >= 0.6 is 11.3 Å². The molecule has 0 aliphatic carbocycles. The molecule has 15 heavy (non-hydrogen) atoms. The van der Waals surface area contributed by atoms with E-state index in [0.717, 1.165) is 23.4 Å². The Morgan fingerprint density at radius 1 is 1.47 bits per heavy atom. The predicted octanol–water partition coefficient (Wildman–Crippen LogP) is 3.40. The summed E-state index contributed by atoms with van der Waals surface area (Å²) in [4.78, 5) is 4.57. The third kappa shape index (κ3) is 2.19. The zero-order valence-electron chi connectivity index (χ0n) is 9.16. The Morgan fingerprint density at radius 2 is 2.27 bits per heavy atom. The molecule has 1 heterocycles. The second-order valence-corrected chi connectivity index (χ2v) is 4.98. The van der Waals surface area contributed by atoms with Gasteiger partial charge in [0, 0.05) is 0 Å². The van der Waals surface area contributed by atoms with Gasteiger partial charge in [-0.15, -0.1) is 11.3 Å². The van der Waals surface area contributed by atoms with E-state index in [1.165, 1.54) is 10.3 Å². The summed E-state index contributed by atoms with van der Waals surface area (Å²) in [5, 5.41) is 1.07. The molecule has 0 aliphatic rings. The van der Waals surface area contributed by atoms with Crippen LogP contribution in [0.4, 0.5) is 0 Å². The first-order valence-corrected chi connectivity index (χ1v) is 6.15. The minimum atomic E-state index is 0.104. The van der Waals surface area contributed by atoms with Crippen LogP contribution in [0.25, 0.3) is 10.2 Å². The van der Waals surface area contributed by atoms with Gasteiger partial charge in [-0.05, 0) is 31.0 Å². The van der Waals surface area contributed by atoms with Crippen LogP contribution in [-0.4, -0.2) is 4.98 Å². The van der Waals surface area contributed by atoms with E-state index in [9.17, 15) is 0 Å². The number of hydrogen-bond donors (Lipinski definition) is 1. The van der Waals surface area contributed by atoms with Crippen molar-refractivity contribution in [1.82, 2.24) is 4.98 Å². The molecule has 2 aromatic rings. The van der Waals surface area contributed by atoms with Crippen molar-refractivity contribution in [3.8, 4) is 0 Å². The minimum absolute atomic E-state index is 0.104. The molecule has 2 nitrogen and oxygen atoms in total. The van der Waals surface area contributed by atoms with Crippen LogP contribution in [0.3, 0.4) is 0 Å². The molecule has 2 rings (SSSR count). The van der Waals surface area contributed by atoms with Gasteiger partial charge in [-0.3, -0.25) is 0 Å². The fraction of sp³-hybridized carbons (Fsp3) is 0.417. The molecule has 0 bridgehead atoms. The number of benzene rings is 1. The van der Waals surface area contributed by atoms with Gasteiger partial charge in [-0.2, -0.15) is 0 Å². The fourth-order valence-corrected chi connectivity index (χ4v) is 2.74. The third-order valence-electron chi connectivity index (χ3n) is 2.48. The maximum Gasteiger partial charge on any atom is 0.111 e. The summed E-state index contributed by atoms with van der Waals surface area (Å²) in [6, 6.07) is 6.45. The molecule has 0 saturated carbocycles. The van der Waals surface area contributed by atoms with Crippen LogP contribution in [-0.2, 0) is 0 Å². The lowest BCUT2D eigenvalue weighted by Gasteiger charge is -2.04. The van der Waals surface area contributed by atoms with Crippen molar-refractivity contribution in [3.05, 3.63) is 28.8 Å². The Bertz CT molecular complexity index is 462. The predicted molar refractivity (Wildman–Crippen MR) is 66.2 cm³/mol. The maximum absolute atomic E-state index is 6.06. The highest BCUT2D eigenvalue weighted by molar-refractivity contribution is 7.18. The number of rotatable bonds is 3. The number of aromatic nitrogens is 1. The van der Waals surface area contributed by atoms with Gasteiger partial charge in [0.05, 0.1) is 16.3 Å². The molecular weight excluding hydrogens is 204 g/mol. The van der Waals surface area contributed by atoms with E-state index in [-0.39, 0.29) is 6.04 Å². The minimum Gasteiger partial charge on any atom is -0.322 e. The maximum atomic E-state index is 6.06. The zero-order valence-corrected chi connectivity index (χ0v) is 9.97. The molecule has 1 atom stereocenters. The number of nitrogens with two attached hydrogens (primary N) is 1. The first kappa shape index (κ1) is 10.6. The monoisotopic (exact) mass is 220 g/mol. The molecule has 0 spiro atoms. The number of nitrogens with zero attached hydrogens (tertiary/aromatic N) is 1. The molecular formula is C12H16N2S. The first-order valence-electron chi connectivity index (χ1n) is 5.33. The quantitative estimate of drug-likeness (QED) is 0.861. The Labute approximate surface area is 94.1 Å². The average molecular weight is 220 g/mol. The Morgan fingerprint density at radius 3 is 3.00 bits per heavy atom. The molecule has 0 saturated heterocycles. The smallest absolute Gasteiger partial charge is 0.111 e. The summed E-state index contributed by atoms with van der Waals surface area (Å²) >= 11 is 1.72. The first-order chi connectivity index (χ1) is 7.20.